The molecule has 2 heterocycles. The summed E-state index contributed by atoms with van der Waals surface area (Å²) in [6.07, 6.45) is -4.18. The molecule has 2 aliphatic heterocycles. The minimum Gasteiger partial charge on any atom is -0.481 e. The molecule has 4 aromatic rings. The fourth-order valence-electron chi connectivity index (χ4n) is 7.62. The van der Waals surface area contributed by atoms with Crippen LogP contribution in [-0.4, -0.2) is 150 Å². The first-order valence-corrected chi connectivity index (χ1v) is 29.1. The molecule has 6 rings (SSSR count). The zero-order valence-corrected chi connectivity index (χ0v) is 54.1. The van der Waals surface area contributed by atoms with Crippen LogP contribution in [0.15, 0.2) is 109 Å². The number of fused-ring (bicyclic) bond motifs is 2. The molecule has 508 valence electrons. The quantitative estimate of drug-likeness (QED) is 0.0151. The van der Waals surface area contributed by atoms with Crippen molar-refractivity contribution in [3.8, 4) is 0 Å². The van der Waals surface area contributed by atoms with E-state index >= 15 is 0 Å². The molecule has 0 radical (unpaired) electrons. The number of carbonyl (C=O) groups is 14. The van der Waals surface area contributed by atoms with Gasteiger partial charge in [-0.2, -0.15) is 0 Å². The molecule has 0 spiro atoms. The van der Waals surface area contributed by atoms with Crippen LogP contribution in [0.5, 0.6) is 0 Å². The zero-order chi connectivity index (χ0) is 70.9. The minimum atomic E-state index is -1.32. The molecule has 7 amide bonds. The van der Waals surface area contributed by atoms with Crippen LogP contribution in [0.2, 0.25) is 0 Å². The monoisotopic (exact) mass is 1310 g/mol. The number of carbonyl (C=O) groups excluding carboxylic acids is 12. The molecule has 0 unspecified atom stereocenters. The first kappa shape index (κ1) is 77.7. The smallest absolute Gasteiger partial charge is 0.408 e. The van der Waals surface area contributed by atoms with Gasteiger partial charge in [0.25, 0.3) is 29.4 Å². The highest BCUT2D eigenvalue weighted by molar-refractivity contribution is 6.36. The van der Waals surface area contributed by atoms with Crippen molar-refractivity contribution in [3.05, 3.63) is 143 Å². The average molecular weight is 1310 g/mol. The van der Waals surface area contributed by atoms with Gasteiger partial charge in [0.1, 0.15) is 53.7 Å². The number of carboxylic acid groups (broad SMARTS) is 2. The molecular weight excluding hydrogens is 1230 g/mol. The third-order valence-corrected chi connectivity index (χ3v) is 11.7. The van der Waals surface area contributed by atoms with Gasteiger partial charge in [0.2, 0.25) is 0 Å². The largest absolute Gasteiger partial charge is 0.481 e. The topological polar surface area (TPSA) is 407 Å². The van der Waals surface area contributed by atoms with Gasteiger partial charge in [-0.1, -0.05) is 90.0 Å². The summed E-state index contributed by atoms with van der Waals surface area (Å²) in [5.74, 6) is -9.64. The average Bonchev–Trinajstić information content (AvgIpc) is 1.65. The molecule has 0 aromatic heterocycles. The summed E-state index contributed by atoms with van der Waals surface area (Å²) in [6.45, 7) is 19.7. The Morgan fingerprint density at radius 3 is 1.04 bits per heavy atom. The number of nitrogens with zero attached hydrogens (tertiary/aromatic N) is 2. The summed E-state index contributed by atoms with van der Waals surface area (Å²) in [7, 11) is 0. The molecule has 29 heteroatoms. The lowest BCUT2D eigenvalue weighted by molar-refractivity contribution is -0.169. The van der Waals surface area contributed by atoms with Crippen LogP contribution in [0.3, 0.4) is 0 Å². The van der Waals surface area contributed by atoms with Gasteiger partial charge in [-0.25, -0.2) is 33.6 Å². The molecule has 0 fully saturated rings. The van der Waals surface area contributed by atoms with Gasteiger partial charge in [-0.3, -0.25) is 38.8 Å². The van der Waals surface area contributed by atoms with Crippen molar-refractivity contribution in [3.63, 3.8) is 0 Å². The van der Waals surface area contributed by atoms with Crippen molar-refractivity contribution in [1.82, 2.24) is 26.1 Å². The number of ether oxygens (including phenoxy) is 6. The van der Waals surface area contributed by atoms with E-state index in [0.29, 0.717) is 5.06 Å². The van der Waals surface area contributed by atoms with E-state index in [2.05, 4.69) is 16.0 Å². The second-order valence-corrected chi connectivity index (χ2v) is 24.4. The highest BCUT2D eigenvalue weighted by atomic mass is 16.7. The molecule has 2 aliphatic rings. The van der Waals surface area contributed by atoms with Crippen LogP contribution in [0, 0.1) is 0 Å². The lowest BCUT2D eigenvalue weighted by Gasteiger charge is -2.24. The molecule has 6 N–H and O–H groups in total. The van der Waals surface area contributed by atoms with E-state index in [0.717, 1.165) is 11.1 Å². The van der Waals surface area contributed by atoms with Gasteiger partial charge >= 0.3 is 54.1 Å². The Morgan fingerprint density at radius 1 is 0.415 bits per heavy atom. The maximum Gasteiger partial charge on any atom is 0.408 e. The van der Waals surface area contributed by atoms with E-state index in [1.54, 1.807) is 144 Å². The van der Waals surface area contributed by atoms with Crippen LogP contribution < -0.4 is 16.0 Å². The number of esters is 3. The Labute approximate surface area is 541 Å². The zero-order valence-electron chi connectivity index (χ0n) is 54.1. The number of Topliss-reactive ketones (excluding diaryl/α,β-unsaturated/α-hetero) is 1. The van der Waals surface area contributed by atoms with Crippen molar-refractivity contribution in [2.75, 3.05) is 0 Å². The molecule has 0 bridgehead atoms. The van der Waals surface area contributed by atoms with Gasteiger partial charge in [0, 0.05) is 12.8 Å². The Balaban J connectivity index is 0.000000345. The minimum absolute atomic E-state index is 0.0361. The predicted molar refractivity (Wildman–Crippen MR) is 328 cm³/mol. The van der Waals surface area contributed by atoms with Gasteiger partial charge in [-0.15, -0.1) is 5.06 Å². The maximum absolute atomic E-state index is 12.7. The molecule has 0 saturated carbocycles. The third-order valence-electron chi connectivity index (χ3n) is 11.7. The molecule has 29 nitrogen and oxygen atoms in total. The van der Waals surface area contributed by atoms with E-state index < -0.39 is 137 Å². The highest BCUT2D eigenvalue weighted by Crippen LogP contribution is 2.24. The number of benzene rings is 4. The van der Waals surface area contributed by atoms with Crippen LogP contribution in [0.1, 0.15) is 174 Å². The van der Waals surface area contributed by atoms with Crippen LogP contribution in [0.25, 0.3) is 0 Å². The van der Waals surface area contributed by atoms with Gasteiger partial charge < -0.3 is 59.4 Å². The summed E-state index contributed by atoms with van der Waals surface area (Å²) in [4.78, 5) is 170. The van der Waals surface area contributed by atoms with E-state index in [1.165, 1.54) is 24.3 Å². The van der Waals surface area contributed by atoms with E-state index in [9.17, 15) is 67.1 Å². The van der Waals surface area contributed by atoms with E-state index in [4.69, 9.17) is 48.7 Å². The number of imide groups is 2. The number of ketones is 1. The lowest BCUT2D eigenvalue weighted by Crippen LogP contribution is -2.47. The summed E-state index contributed by atoms with van der Waals surface area (Å²) < 4.78 is 30.7. The van der Waals surface area contributed by atoms with Crippen molar-refractivity contribution in [2.24, 2.45) is 0 Å². The van der Waals surface area contributed by atoms with Gasteiger partial charge in [0.15, 0.2) is 0 Å². The fraction of sp³-hybridized carbons (Fsp3) is 0.415. The molecular formula is C65H79N5O24. The number of amides is 7. The van der Waals surface area contributed by atoms with Crippen LogP contribution >= 0.6 is 0 Å². The Morgan fingerprint density at radius 2 is 0.713 bits per heavy atom. The van der Waals surface area contributed by atoms with Crippen molar-refractivity contribution in [2.45, 2.75) is 175 Å². The highest BCUT2D eigenvalue weighted by Gasteiger charge is 2.40. The number of hydrogen-bond acceptors (Lipinski definition) is 22. The number of carboxylic acids is 2. The summed E-state index contributed by atoms with van der Waals surface area (Å²) in [6, 6.07) is 26.7. The number of alkyl carbamates (subject to hydrolysis) is 3. The Bertz CT molecular complexity index is 3310. The van der Waals surface area contributed by atoms with Crippen LogP contribution in [-0.2, 0) is 80.0 Å². The molecule has 4 aromatic carbocycles. The maximum atomic E-state index is 12.7. The number of nitrogens with one attached hydrogen (secondary N) is 3. The number of hydroxylamine groups is 4. The normalized spacial score (nSPS) is 13.3. The van der Waals surface area contributed by atoms with Crippen LogP contribution in [0.4, 0.5) is 14.4 Å². The Hall–Kier alpha value is -10.6. The lowest BCUT2D eigenvalue weighted by atomic mass is 10.1. The predicted octanol–water partition coefficient (Wildman–Crippen LogP) is 7.97. The molecule has 94 heavy (non-hydrogen) atoms. The number of rotatable bonds is 21. The van der Waals surface area contributed by atoms with Crippen molar-refractivity contribution in [1.29, 1.82) is 0 Å². The summed E-state index contributed by atoms with van der Waals surface area (Å²) >= 11 is 0. The first-order chi connectivity index (χ1) is 43.6. The van der Waals surface area contributed by atoms with E-state index in [1.807, 2.05) is 24.3 Å². The molecule has 0 saturated heterocycles. The van der Waals surface area contributed by atoms with E-state index in [-0.39, 0.29) is 66.2 Å². The molecule has 3 atom stereocenters. The number of hydrogen-bond donors (Lipinski definition) is 6. The SMILES string of the molecule is CC(C)(C)OC(=O)N[C@@H](CCC(=O)O)C(=O)C(=O)OC(C)(C)C.CC(C)(C)OC(=O)N[C@@H](CCC(=O)O)C(=O)OCc1ccccc1.CC(C)(C)OC(=O)N[C@@H](CCC(=O)ON1C(=O)c2ccccc2C1=O)C(=O)OCc1ccccc1.O=C1c2ccccc2C(=O)N1O. The second-order valence-electron chi connectivity index (χ2n) is 24.4. The van der Waals surface area contributed by atoms with Gasteiger partial charge in [0.05, 0.1) is 28.7 Å². The standard InChI is InChI=1S/C25H26N2O8.C17H23NO6.C15H25NO7.C8H5NO3/c1-25(2,3)34-24(32)26-19(23(31)33-15-16-9-5-4-6-10-16)13-14-20(28)35-27-21(29)17-11-7-8-12-18(17)22(27)30;1-17(2,3)24-16(22)18-13(9-10-14(19)20)15(21)23-11-12-7-5-4-6-8-12;1-14(2,3)22-12(20)11(19)9(7-8-10(17)18)16-13(21)23-15(4,5)6;10-7-5-3-1-2-4-6(5)8(11)9(7)12/h4-12,19H,13-15H2,1-3H3,(H,26,32);4-8,13H,9-11H2,1-3H3,(H,18,22)(H,19,20);9H,7-8H2,1-6H3,(H,16,21)(H,17,18);1-4,12H/t19-;13-;9-;/m000./s1. The van der Waals surface area contributed by atoms with Gasteiger partial charge in [-0.05, 0) is 138 Å². The fourth-order valence-corrected chi connectivity index (χ4v) is 7.62. The summed E-state index contributed by atoms with van der Waals surface area (Å²) in [5, 5.41) is 33.9. The Kier molecular flexibility index (Phi) is 29.2. The summed E-state index contributed by atoms with van der Waals surface area (Å²) in [5.41, 5.74) is -0.926. The number of aliphatic carboxylic acids is 2. The van der Waals surface area contributed by atoms with Crippen molar-refractivity contribution >= 4 is 83.5 Å². The molecule has 0 aliphatic carbocycles. The third kappa shape index (κ3) is 28.3. The second kappa shape index (κ2) is 35.3. The van der Waals surface area contributed by atoms with Crippen molar-refractivity contribution < 1.29 is 116 Å². The first-order valence-electron chi connectivity index (χ1n) is 29.1.